The second kappa shape index (κ2) is 7.59. The SMILES string of the molecule is CCC1CCCCN1C(=O)COC(=O)c1cccc(Br)c1. The molecular formula is C16H20BrNO3. The van der Waals surface area contributed by atoms with Crippen molar-refractivity contribution in [3.05, 3.63) is 34.3 Å². The molecule has 1 fully saturated rings. The van der Waals surface area contributed by atoms with Crippen molar-refractivity contribution in [3.8, 4) is 0 Å². The first kappa shape index (κ1) is 16.0. The molecule has 1 aliphatic rings. The Kier molecular flexibility index (Phi) is 5.79. The number of nitrogens with zero attached hydrogens (tertiary/aromatic N) is 1. The fourth-order valence-corrected chi connectivity index (χ4v) is 3.06. The largest absolute Gasteiger partial charge is 0.452 e. The van der Waals surface area contributed by atoms with Crippen LogP contribution >= 0.6 is 15.9 Å². The lowest BCUT2D eigenvalue weighted by atomic mass is 10.00. The summed E-state index contributed by atoms with van der Waals surface area (Å²) in [5.74, 6) is -0.556. The van der Waals surface area contributed by atoms with Crippen molar-refractivity contribution in [2.24, 2.45) is 0 Å². The Hall–Kier alpha value is -1.36. The predicted octanol–water partition coefficient (Wildman–Crippen LogP) is 3.40. The smallest absolute Gasteiger partial charge is 0.338 e. The lowest BCUT2D eigenvalue weighted by Crippen LogP contribution is -2.45. The highest BCUT2D eigenvalue weighted by Gasteiger charge is 2.25. The van der Waals surface area contributed by atoms with Crippen LogP contribution in [0, 0.1) is 0 Å². The van der Waals surface area contributed by atoms with E-state index in [4.69, 9.17) is 4.74 Å². The zero-order chi connectivity index (χ0) is 15.2. The predicted molar refractivity (Wildman–Crippen MR) is 84.1 cm³/mol. The maximum Gasteiger partial charge on any atom is 0.338 e. The zero-order valence-corrected chi connectivity index (χ0v) is 13.8. The fraction of sp³-hybridized carbons (Fsp3) is 0.500. The third-order valence-corrected chi connectivity index (χ3v) is 4.30. The number of hydrogen-bond acceptors (Lipinski definition) is 3. The van der Waals surface area contributed by atoms with Gasteiger partial charge in [-0.25, -0.2) is 4.79 Å². The van der Waals surface area contributed by atoms with E-state index >= 15 is 0 Å². The number of benzene rings is 1. The summed E-state index contributed by atoms with van der Waals surface area (Å²) < 4.78 is 5.95. The van der Waals surface area contributed by atoms with E-state index in [0.29, 0.717) is 5.56 Å². The molecule has 5 heteroatoms. The summed E-state index contributed by atoms with van der Waals surface area (Å²) in [4.78, 5) is 26.0. The number of carbonyl (C=O) groups is 2. The number of hydrogen-bond donors (Lipinski definition) is 0. The first-order chi connectivity index (χ1) is 10.1. The molecule has 1 saturated heterocycles. The Morgan fingerprint density at radius 1 is 1.38 bits per heavy atom. The second-order valence-corrected chi connectivity index (χ2v) is 6.15. The van der Waals surface area contributed by atoms with E-state index in [1.807, 2.05) is 11.0 Å². The molecule has 0 saturated carbocycles. The molecule has 21 heavy (non-hydrogen) atoms. The summed E-state index contributed by atoms with van der Waals surface area (Å²) in [7, 11) is 0. The Bertz CT molecular complexity index is 518. The molecule has 1 aliphatic heterocycles. The maximum atomic E-state index is 12.2. The number of amides is 1. The number of likely N-dealkylation sites (tertiary alicyclic amines) is 1. The number of halogens is 1. The normalized spacial score (nSPS) is 18.4. The Morgan fingerprint density at radius 2 is 2.19 bits per heavy atom. The van der Waals surface area contributed by atoms with Gasteiger partial charge in [0, 0.05) is 17.1 Å². The molecular weight excluding hydrogens is 334 g/mol. The van der Waals surface area contributed by atoms with E-state index in [2.05, 4.69) is 22.9 Å². The quantitative estimate of drug-likeness (QED) is 0.779. The van der Waals surface area contributed by atoms with E-state index in [1.54, 1.807) is 18.2 Å². The molecule has 1 unspecified atom stereocenters. The topological polar surface area (TPSA) is 46.6 Å². The molecule has 0 aliphatic carbocycles. The molecule has 2 rings (SSSR count). The average molecular weight is 354 g/mol. The summed E-state index contributed by atoms with van der Waals surface area (Å²) >= 11 is 3.31. The van der Waals surface area contributed by atoms with Crippen LogP contribution in [0.15, 0.2) is 28.7 Å². The molecule has 4 nitrogen and oxygen atoms in total. The van der Waals surface area contributed by atoms with Gasteiger partial charge >= 0.3 is 5.97 Å². The molecule has 0 bridgehead atoms. The first-order valence-electron chi connectivity index (χ1n) is 7.34. The monoisotopic (exact) mass is 353 g/mol. The highest BCUT2D eigenvalue weighted by atomic mass is 79.9. The van der Waals surface area contributed by atoms with Crippen molar-refractivity contribution in [3.63, 3.8) is 0 Å². The highest BCUT2D eigenvalue weighted by molar-refractivity contribution is 9.10. The molecule has 1 heterocycles. The number of carbonyl (C=O) groups excluding carboxylic acids is 2. The van der Waals surface area contributed by atoms with Gasteiger partial charge in [-0.2, -0.15) is 0 Å². The van der Waals surface area contributed by atoms with Gasteiger partial charge in [0.2, 0.25) is 0 Å². The first-order valence-corrected chi connectivity index (χ1v) is 8.13. The van der Waals surface area contributed by atoms with Crippen LogP contribution in [0.4, 0.5) is 0 Å². The van der Waals surface area contributed by atoms with Crippen LogP contribution in [-0.2, 0) is 9.53 Å². The lowest BCUT2D eigenvalue weighted by Gasteiger charge is -2.35. The molecule has 0 N–H and O–H groups in total. The highest BCUT2D eigenvalue weighted by Crippen LogP contribution is 2.19. The van der Waals surface area contributed by atoms with Crippen LogP contribution < -0.4 is 0 Å². The Balaban J connectivity index is 1.90. The average Bonchev–Trinajstić information content (AvgIpc) is 2.52. The van der Waals surface area contributed by atoms with E-state index < -0.39 is 5.97 Å². The van der Waals surface area contributed by atoms with Crippen LogP contribution in [0.2, 0.25) is 0 Å². The van der Waals surface area contributed by atoms with Crippen LogP contribution in [-0.4, -0.2) is 36.0 Å². The van der Waals surface area contributed by atoms with Crippen molar-refractivity contribution in [2.45, 2.75) is 38.6 Å². The molecule has 1 aromatic rings. The molecule has 0 aromatic heterocycles. The van der Waals surface area contributed by atoms with Gasteiger partial charge in [-0.15, -0.1) is 0 Å². The van der Waals surface area contributed by atoms with Crippen LogP contribution in [0.1, 0.15) is 43.0 Å². The molecule has 0 spiro atoms. The van der Waals surface area contributed by atoms with Gasteiger partial charge in [0.1, 0.15) is 0 Å². The van der Waals surface area contributed by atoms with Gasteiger partial charge in [-0.3, -0.25) is 4.79 Å². The standard InChI is InChI=1S/C16H20BrNO3/c1-2-14-8-3-4-9-18(14)15(19)11-21-16(20)12-6-5-7-13(17)10-12/h5-7,10,14H,2-4,8-9,11H2,1H3. The number of piperidine rings is 1. The van der Waals surface area contributed by atoms with Gasteiger partial charge < -0.3 is 9.64 Å². The fourth-order valence-electron chi connectivity index (χ4n) is 2.66. The molecule has 0 radical (unpaired) electrons. The molecule has 1 atom stereocenters. The van der Waals surface area contributed by atoms with Crippen LogP contribution in [0.25, 0.3) is 0 Å². The van der Waals surface area contributed by atoms with Gasteiger partial charge in [0.05, 0.1) is 5.56 Å². The van der Waals surface area contributed by atoms with E-state index in [1.165, 1.54) is 6.42 Å². The van der Waals surface area contributed by atoms with Crippen LogP contribution in [0.5, 0.6) is 0 Å². The van der Waals surface area contributed by atoms with Crippen molar-refractivity contribution < 1.29 is 14.3 Å². The van der Waals surface area contributed by atoms with Crippen molar-refractivity contribution in [2.75, 3.05) is 13.2 Å². The molecule has 1 amide bonds. The van der Waals surface area contributed by atoms with Gasteiger partial charge in [0.15, 0.2) is 6.61 Å². The summed E-state index contributed by atoms with van der Waals surface area (Å²) in [5.41, 5.74) is 0.447. The summed E-state index contributed by atoms with van der Waals surface area (Å²) in [6.07, 6.45) is 4.19. The van der Waals surface area contributed by atoms with E-state index in [0.717, 1.165) is 30.3 Å². The molecule has 114 valence electrons. The zero-order valence-electron chi connectivity index (χ0n) is 12.2. The van der Waals surface area contributed by atoms with Crippen LogP contribution in [0.3, 0.4) is 0 Å². The third kappa shape index (κ3) is 4.30. The third-order valence-electron chi connectivity index (χ3n) is 3.81. The van der Waals surface area contributed by atoms with E-state index in [-0.39, 0.29) is 18.6 Å². The minimum Gasteiger partial charge on any atom is -0.452 e. The summed E-state index contributed by atoms with van der Waals surface area (Å²) in [6.45, 7) is 2.68. The number of ether oxygens (including phenoxy) is 1. The van der Waals surface area contributed by atoms with Crippen molar-refractivity contribution >= 4 is 27.8 Å². The van der Waals surface area contributed by atoms with Crippen molar-refractivity contribution in [1.82, 2.24) is 4.90 Å². The number of esters is 1. The minimum absolute atomic E-state index is 0.0927. The van der Waals surface area contributed by atoms with Gasteiger partial charge in [-0.05, 0) is 43.9 Å². The van der Waals surface area contributed by atoms with Gasteiger partial charge in [-0.1, -0.05) is 28.9 Å². The second-order valence-electron chi connectivity index (χ2n) is 5.23. The molecule has 1 aromatic carbocycles. The lowest BCUT2D eigenvalue weighted by molar-refractivity contribution is -0.138. The maximum absolute atomic E-state index is 12.2. The minimum atomic E-state index is -0.463. The van der Waals surface area contributed by atoms with Crippen molar-refractivity contribution in [1.29, 1.82) is 0 Å². The van der Waals surface area contributed by atoms with E-state index in [9.17, 15) is 9.59 Å². The summed E-state index contributed by atoms with van der Waals surface area (Å²) in [6, 6.07) is 7.24. The Morgan fingerprint density at radius 3 is 2.90 bits per heavy atom. The Labute approximate surface area is 133 Å². The number of rotatable bonds is 4. The summed E-state index contributed by atoms with van der Waals surface area (Å²) in [5, 5.41) is 0. The van der Waals surface area contributed by atoms with Gasteiger partial charge in [0.25, 0.3) is 5.91 Å².